The lowest BCUT2D eigenvalue weighted by Crippen LogP contribution is -2.25. The van der Waals surface area contributed by atoms with E-state index in [1.807, 2.05) is 13.0 Å². The van der Waals surface area contributed by atoms with Crippen molar-refractivity contribution in [3.05, 3.63) is 23.9 Å². The van der Waals surface area contributed by atoms with Crippen LogP contribution in [0.5, 0.6) is 5.88 Å². The van der Waals surface area contributed by atoms with Crippen molar-refractivity contribution in [2.75, 3.05) is 7.11 Å². The lowest BCUT2D eigenvalue weighted by atomic mass is 10.1. The molecule has 0 spiro atoms. The molecule has 0 fully saturated rings. The summed E-state index contributed by atoms with van der Waals surface area (Å²) in [6.45, 7) is 2.47. The van der Waals surface area contributed by atoms with E-state index in [0.29, 0.717) is 18.8 Å². The quantitative estimate of drug-likeness (QED) is 0.829. The number of nitrogens with one attached hydrogen (secondary N) is 1. The SMILES string of the molecule is COc1cc(CNC(C)CCCC(F)(F)F)ccn1. The second kappa shape index (κ2) is 7.33. The van der Waals surface area contributed by atoms with E-state index in [-0.39, 0.29) is 12.5 Å². The average molecular weight is 276 g/mol. The Labute approximate surface area is 111 Å². The third-order valence-corrected chi connectivity index (χ3v) is 2.76. The Morgan fingerprint density at radius 3 is 2.79 bits per heavy atom. The predicted octanol–water partition coefficient (Wildman–Crippen LogP) is 3.30. The van der Waals surface area contributed by atoms with Crippen molar-refractivity contribution in [1.29, 1.82) is 0 Å². The van der Waals surface area contributed by atoms with Crippen molar-refractivity contribution < 1.29 is 17.9 Å². The zero-order valence-corrected chi connectivity index (χ0v) is 11.1. The molecule has 0 bridgehead atoms. The van der Waals surface area contributed by atoms with Gasteiger partial charge < -0.3 is 10.1 Å². The molecule has 1 unspecified atom stereocenters. The predicted molar refractivity (Wildman–Crippen MR) is 67.0 cm³/mol. The lowest BCUT2D eigenvalue weighted by Gasteiger charge is -2.14. The van der Waals surface area contributed by atoms with Crippen LogP contribution < -0.4 is 10.1 Å². The number of rotatable bonds is 7. The summed E-state index contributed by atoms with van der Waals surface area (Å²) in [5.74, 6) is 0.532. The van der Waals surface area contributed by atoms with Gasteiger partial charge in [-0.1, -0.05) is 0 Å². The second-order valence-corrected chi connectivity index (χ2v) is 4.50. The molecular formula is C13H19F3N2O. The van der Waals surface area contributed by atoms with Gasteiger partial charge in [-0.3, -0.25) is 0 Å². The number of hydrogen-bond donors (Lipinski definition) is 1. The van der Waals surface area contributed by atoms with Crippen LogP contribution in [-0.2, 0) is 6.54 Å². The molecule has 1 N–H and O–H groups in total. The standard InChI is InChI=1S/C13H19F3N2O/c1-10(4-3-6-13(14,15)16)18-9-11-5-7-17-12(8-11)19-2/h5,7-8,10,18H,3-4,6,9H2,1-2H3. The van der Waals surface area contributed by atoms with Crippen LogP contribution in [-0.4, -0.2) is 24.3 Å². The van der Waals surface area contributed by atoms with Crippen molar-refractivity contribution in [2.45, 2.75) is 44.9 Å². The van der Waals surface area contributed by atoms with E-state index in [1.165, 1.54) is 0 Å². The third-order valence-electron chi connectivity index (χ3n) is 2.76. The van der Waals surface area contributed by atoms with Gasteiger partial charge in [0.25, 0.3) is 0 Å². The van der Waals surface area contributed by atoms with Gasteiger partial charge in [0.2, 0.25) is 5.88 Å². The summed E-state index contributed by atoms with van der Waals surface area (Å²) in [5, 5.41) is 3.19. The van der Waals surface area contributed by atoms with E-state index in [0.717, 1.165) is 5.56 Å². The highest BCUT2D eigenvalue weighted by molar-refractivity contribution is 5.20. The highest BCUT2D eigenvalue weighted by Crippen LogP contribution is 2.22. The normalized spacial score (nSPS) is 13.3. The van der Waals surface area contributed by atoms with Crippen molar-refractivity contribution in [3.8, 4) is 5.88 Å². The first-order chi connectivity index (χ1) is 8.90. The Morgan fingerprint density at radius 1 is 1.42 bits per heavy atom. The maximum Gasteiger partial charge on any atom is 0.389 e. The summed E-state index contributed by atoms with van der Waals surface area (Å²) >= 11 is 0. The molecule has 0 aliphatic rings. The van der Waals surface area contributed by atoms with Crippen LogP contribution in [0.3, 0.4) is 0 Å². The van der Waals surface area contributed by atoms with Gasteiger partial charge in [-0.2, -0.15) is 13.2 Å². The van der Waals surface area contributed by atoms with Gasteiger partial charge >= 0.3 is 6.18 Å². The molecule has 0 saturated carbocycles. The molecule has 0 radical (unpaired) electrons. The summed E-state index contributed by atoms with van der Waals surface area (Å²) in [4.78, 5) is 3.99. The van der Waals surface area contributed by atoms with Crippen molar-refractivity contribution in [2.24, 2.45) is 0 Å². The Kier molecular flexibility index (Phi) is 6.08. The summed E-state index contributed by atoms with van der Waals surface area (Å²) in [6.07, 6.45) is -2.48. The minimum absolute atomic E-state index is 0.0431. The van der Waals surface area contributed by atoms with Crippen LogP contribution in [0.2, 0.25) is 0 Å². The minimum Gasteiger partial charge on any atom is -0.481 e. The third kappa shape index (κ3) is 7.00. The molecular weight excluding hydrogens is 257 g/mol. The fourth-order valence-corrected chi connectivity index (χ4v) is 1.67. The molecule has 1 aromatic heterocycles. The average Bonchev–Trinajstić information content (AvgIpc) is 2.35. The van der Waals surface area contributed by atoms with Crippen LogP contribution in [0, 0.1) is 0 Å². The zero-order valence-electron chi connectivity index (χ0n) is 11.1. The second-order valence-electron chi connectivity index (χ2n) is 4.50. The molecule has 1 atom stereocenters. The Bertz CT molecular complexity index is 382. The van der Waals surface area contributed by atoms with Gasteiger partial charge in [-0.05, 0) is 31.4 Å². The molecule has 1 aromatic rings. The van der Waals surface area contributed by atoms with Gasteiger partial charge in [0, 0.05) is 31.3 Å². The number of alkyl halides is 3. The van der Waals surface area contributed by atoms with E-state index in [4.69, 9.17) is 4.74 Å². The van der Waals surface area contributed by atoms with Gasteiger partial charge in [-0.25, -0.2) is 4.98 Å². The van der Waals surface area contributed by atoms with Crippen molar-refractivity contribution in [1.82, 2.24) is 10.3 Å². The maximum absolute atomic E-state index is 12.0. The van der Waals surface area contributed by atoms with E-state index in [2.05, 4.69) is 10.3 Å². The van der Waals surface area contributed by atoms with Crippen molar-refractivity contribution in [3.63, 3.8) is 0 Å². The molecule has 108 valence electrons. The molecule has 0 aliphatic carbocycles. The molecule has 0 amide bonds. The number of pyridine rings is 1. The fraction of sp³-hybridized carbons (Fsp3) is 0.615. The highest BCUT2D eigenvalue weighted by atomic mass is 19.4. The smallest absolute Gasteiger partial charge is 0.389 e. The first-order valence-corrected chi connectivity index (χ1v) is 6.20. The monoisotopic (exact) mass is 276 g/mol. The van der Waals surface area contributed by atoms with Gasteiger partial charge in [0.05, 0.1) is 7.11 Å². The first kappa shape index (κ1) is 15.8. The van der Waals surface area contributed by atoms with Crippen LogP contribution in [0.15, 0.2) is 18.3 Å². The topological polar surface area (TPSA) is 34.1 Å². The molecule has 1 rings (SSSR count). The van der Waals surface area contributed by atoms with Gasteiger partial charge in [-0.15, -0.1) is 0 Å². The van der Waals surface area contributed by atoms with Crippen molar-refractivity contribution >= 4 is 0 Å². The number of ether oxygens (including phenoxy) is 1. The Balaban J connectivity index is 2.27. The number of nitrogens with zero attached hydrogens (tertiary/aromatic N) is 1. The molecule has 0 aromatic carbocycles. The Hall–Kier alpha value is -1.30. The molecule has 0 saturated heterocycles. The maximum atomic E-state index is 12.0. The van der Waals surface area contributed by atoms with E-state index in [1.54, 1.807) is 19.4 Å². The molecule has 0 aliphatic heterocycles. The molecule has 6 heteroatoms. The minimum atomic E-state index is -4.06. The summed E-state index contributed by atoms with van der Waals surface area (Å²) in [7, 11) is 1.54. The Morgan fingerprint density at radius 2 is 2.16 bits per heavy atom. The van der Waals surface area contributed by atoms with Crippen LogP contribution >= 0.6 is 0 Å². The zero-order chi connectivity index (χ0) is 14.3. The summed E-state index contributed by atoms with van der Waals surface area (Å²) < 4.78 is 41.0. The largest absolute Gasteiger partial charge is 0.481 e. The number of aromatic nitrogens is 1. The van der Waals surface area contributed by atoms with Crippen LogP contribution in [0.1, 0.15) is 31.7 Å². The van der Waals surface area contributed by atoms with E-state index in [9.17, 15) is 13.2 Å². The van der Waals surface area contributed by atoms with Gasteiger partial charge in [0.1, 0.15) is 0 Å². The molecule has 3 nitrogen and oxygen atoms in total. The first-order valence-electron chi connectivity index (χ1n) is 6.20. The van der Waals surface area contributed by atoms with Crippen LogP contribution in [0.4, 0.5) is 13.2 Å². The highest BCUT2D eigenvalue weighted by Gasteiger charge is 2.26. The van der Waals surface area contributed by atoms with E-state index >= 15 is 0 Å². The van der Waals surface area contributed by atoms with Gasteiger partial charge in [0.15, 0.2) is 0 Å². The number of methoxy groups -OCH3 is 1. The summed E-state index contributed by atoms with van der Waals surface area (Å²) in [5.41, 5.74) is 0.995. The molecule has 19 heavy (non-hydrogen) atoms. The fourth-order valence-electron chi connectivity index (χ4n) is 1.67. The number of hydrogen-bond acceptors (Lipinski definition) is 3. The van der Waals surface area contributed by atoms with E-state index < -0.39 is 12.6 Å². The number of halogens is 3. The lowest BCUT2D eigenvalue weighted by molar-refractivity contribution is -0.135. The van der Waals surface area contributed by atoms with Crippen LogP contribution in [0.25, 0.3) is 0 Å². The summed E-state index contributed by atoms with van der Waals surface area (Å²) in [6, 6.07) is 3.69. The molecule has 1 heterocycles.